The molecule has 0 saturated carbocycles. The highest BCUT2D eigenvalue weighted by Gasteiger charge is 2.29. The highest BCUT2D eigenvalue weighted by atomic mass is 32.1. The molecule has 1 aliphatic heterocycles. The van der Waals surface area contributed by atoms with E-state index in [2.05, 4.69) is 25.4 Å². The topological polar surface area (TPSA) is 85.3 Å². The second-order valence-electron chi connectivity index (χ2n) is 6.85. The Morgan fingerprint density at radius 3 is 2.66 bits per heavy atom. The first-order valence-electron chi connectivity index (χ1n) is 9.51. The van der Waals surface area contributed by atoms with Crippen LogP contribution in [0, 0.1) is 6.92 Å². The van der Waals surface area contributed by atoms with Crippen LogP contribution in [0.25, 0.3) is 0 Å². The smallest absolute Gasteiger partial charge is 0.211 e. The molecule has 1 atom stereocenters. The van der Waals surface area contributed by atoms with Crippen molar-refractivity contribution < 1.29 is 9.47 Å². The van der Waals surface area contributed by atoms with Crippen LogP contribution >= 0.6 is 11.3 Å². The second-order valence-corrected chi connectivity index (χ2v) is 8.03. The normalized spacial score (nSPS) is 16.7. The zero-order chi connectivity index (χ0) is 20.2. The number of likely N-dealkylation sites (tertiary alicyclic amines) is 1. The van der Waals surface area contributed by atoms with Crippen molar-refractivity contribution in [2.75, 3.05) is 26.1 Å². The van der Waals surface area contributed by atoms with Crippen molar-refractivity contribution in [2.45, 2.75) is 32.4 Å². The van der Waals surface area contributed by atoms with Crippen molar-refractivity contribution in [1.29, 1.82) is 0 Å². The van der Waals surface area contributed by atoms with E-state index < -0.39 is 0 Å². The van der Waals surface area contributed by atoms with E-state index in [4.69, 9.17) is 14.5 Å². The minimum atomic E-state index is 0.190. The van der Waals surface area contributed by atoms with Gasteiger partial charge < -0.3 is 14.8 Å². The Hall–Kier alpha value is -2.78. The highest BCUT2D eigenvalue weighted by Crippen LogP contribution is 2.37. The third kappa shape index (κ3) is 4.30. The maximum absolute atomic E-state index is 5.57. The Balaban J connectivity index is 1.55. The summed E-state index contributed by atoms with van der Waals surface area (Å²) in [6.45, 7) is 3.64. The second kappa shape index (κ2) is 8.71. The first-order valence-corrected chi connectivity index (χ1v) is 10.3. The van der Waals surface area contributed by atoms with Gasteiger partial charge in [0.15, 0.2) is 5.82 Å². The van der Waals surface area contributed by atoms with Gasteiger partial charge in [-0.3, -0.25) is 9.88 Å². The lowest BCUT2D eigenvalue weighted by Crippen LogP contribution is -2.24. The van der Waals surface area contributed by atoms with Crippen LogP contribution in [0.15, 0.2) is 30.6 Å². The van der Waals surface area contributed by atoms with Gasteiger partial charge >= 0.3 is 0 Å². The molecular weight excluding hydrogens is 388 g/mol. The Morgan fingerprint density at radius 2 is 1.97 bits per heavy atom. The highest BCUT2D eigenvalue weighted by molar-refractivity contribution is 7.15. The number of ether oxygens (including phenoxy) is 2. The minimum Gasteiger partial charge on any atom is -0.496 e. The van der Waals surface area contributed by atoms with E-state index in [1.54, 1.807) is 20.4 Å². The molecule has 1 aromatic carbocycles. The van der Waals surface area contributed by atoms with Crippen molar-refractivity contribution >= 4 is 22.3 Å². The molecule has 0 amide bonds. The maximum Gasteiger partial charge on any atom is 0.211 e. The first-order chi connectivity index (χ1) is 14.2. The number of rotatable bonds is 7. The number of anilines is 2. The lowest BCUT2D eigenvalue weighted by atomic mass is 10.1. The molecule has 1 saturated heterocycles. The fourth-order valence-corrected chi connectivity index (χ4v) is 4.29. The van der Waals surface area contributed by atoms with Gasteiger partial charge in [0.1, 0.15) is 16.5 Å². The molecule has 29 heavy (non-hydrogen) atoms. The number of nitrogens with zero attached hydrogens (tertiary/aromatic N) is 5. The summed E-state index contributed by atoms with van der Waals surface area (Å²) in [7, 11) is 3.38. The van der Waals surface area contributed by atoms with Gasteiger partial charge in [0.05, 0.1) is 43.9 Å². The summed E-state index contributed by atoms with van der Waals surface area (Å²) in [5.74, 6) is 2.35. The number of benzene rings is 1. The third-order valence-corrected chi connectivity index (χ3v) is 5.76. The van der Waals surface area contributed by atoms with Crippen LogP contribution in [0.1, 0.15) is 35.1 Å². The van der Waals surface area contributed by atoms with Crippen molar-refractivity contribution in [1.82, 2.24) is 25.1 Å². The molecule has 0 bridgehead atoms. The van der Waals surface area contributed by atoms with Gasteiger partial charge in [0.25, 0.3) is 0 Å². The molecule has 9 heteroatoms. The molecule has 8 nitrogen and oxygen atoms in total. The van der Waals surface area contributed by atoms with Crippen LogP contribution in [0.4, 0.5) is 10.9 Å². The van der Waals surface area contributed by atoms with E-state index in [1.165, 1.54) is 11.3 Å². The lowest BCUT2D eigenvalue weighted by molar-refractivity contribution is 0.236. The first kappa shape index (κ1) is 19.5. The molecule has 3 heterocycles. The van der Waals surface area contributed by atoms with Crippen LogP contribution in [0.3, 0.4) is 0 Å². The summed E-state index contributed by atoms with van der Waals surface area (Å²) in [6, 6.07) is 6.07. The van der Waals surface area contributed by atoms with Crippen LogP contribution in [-0.2, 0) is 6.54 Å². The predicted octanol–water partition coefficient (Wildman–Crippen LogP) is 3.73. The largest absolute Gasteiger partial charge is 0.496 e. The molecule has 2 aromatic heterocycles. The van der Waals surface area contributed by atoms with E-state index in [0.717, 1.165) is 58.8 Å². The van der Waals surface area contributed by atoms with Crippen molar-refractivity contribution in [3.05, 3.63) is 46.9 Å². The molecule has 3 aromatic rings. The summed E-state index contributed by atoms with van der Waals surface area (Å²) in [5, 5.41) is 13.0. The summed E-state index contributed by atoms with van der Waals surface area (Å²) < 4.78 is 11.1. The van der Waals surface area contributed by atoms with E-state index in [9.17, 15) is 0 Å². The van der Waals surface area contributed by atoms with Gasteiger partial charge in [-0.15, -0.1) is 10.2 Å². The molecule has 0 spiro atoms. The number of aryl methyl sites for hydroxylation is 1. The quantitative estimate of drug-likeness (QED) is 0.628. The summed E-state index contributed by atoms with van der Waals surface area (Å²) in [6.07, 6.45) is 5.70. The van der Waals surface area contributed by atoms with Crippen molar-refractivity contribution in [2.24, 2.45) is 0 Å². The molecule has 1 fully saturated rings. The Kier molecular flexibility index (Phi) is 5.86. The number of methoxy groups -OCH3 is 2. The molecule has 0 unspecified atom stereocenters. The van der Waals surface area contributed by atoms with Gasteiger partial charge in [-0.05, 0) is 38.4 Å². The van der Waals surface area contributed by atoms with Crippen molar-refractivity contribution in [3.63, 3.8) is 0 Å². The van der Waals surface area contributed by atoms with Crippen LogP contribution in [-0.4, -0.2) is 45.8 Å². The number of hydrogen-bond donors (Lipinski definition) is 1. The third-order valence-electron chi connectivity index (χ3n) is 5.01. The van der Waals surface area contributed by atoms with Gasteiger partial charge in [-0.1, -0.05) is 17.4 Å². The molecule has 152 valence electrons. The summed E-state index contributed by atoms with van der Waals surface area (Å²) in [5.41, 5.74) is 2.00. The fraction of sp³-hybridized carbons (Fsp3) is 0.400. The van der Waals surface area contributed by atoms with Crippen LogP contribution in [0.5, 0.6) is 11.5 Å². The predicted molar refractivity (Wildman–Crippen MR) is 112 cm³/mol. The molecule has 4 rings (SSSR count). The number of nitrogens with one attached hydrogen (secondary N) is 1. The SMILES string of the molecule is COc1cccc(OC)c1CN1CCC[C@H]1c1cncc(Nc2nnc(C)s2)n1. The molecule has 0 aliphatic carbocycles. The zero-order valence-corrected chi connectivity index (χ0v) is 17.6. The van der Waals surface area contributed by atoms with Gasteiger partial charge in [-0.2, -0.15) is 0 Å². The van der Waals surface area contributed by atoms with E-state index in [-0.39, 0.29) is 6.04 Å². The van der Waals surface area contributed by atoms with E-state index >= 15 is 0 Å². The van der Waals surface area contributed by atoms with Gasteiger partial charge in [0, 0.05) is 6.54 Å². The fourth-order valence-electron chi connectivity index (χ4n) is 3.70. The number of hydrogen-bond acceptors (Lipinski definition) is 9. The van der Waals surface area contributed by atoms with E-state index in [0.29, 0.717) is 5.82 Å². The summed E-state index contributed by atoms with van der Waals surface area (Å²) >= 11 is 1.49. The Bertz CT molecular complexity index is 957. The Labute approximate surface area is 173 Å². The monoisotopic (exact) mass is 412 g/mol. The summed E-state index contributed by atoms with van der Waals surface area (Å²) in [4.78, 5) is 11.6. The van der Waals surface area contributed by atoms with E-state index in [1.807, 2.05) is 31.3 Å². The van der Waals surface area contributed by atoms with Gasteiger partial charge in [-0.25, -0.2) is 4.98 Å². The average Bonchev–Trinajstić information content (AvgIpc) is 3.37. The standard InChI is InChI=1S/C20H24N6O2S/c1-13-24-25-20(29-13)23-19-11-21-10-15(22-19)16-6-5-9-26(16)12-14-17(27-2)7-4-8-18(14)28-3/h4,7-8,10-11,16H,5-6,9,12H2,1-3H3,(H,22,23,25)/t16-/m0/s1. The molecular formula is C20H24N6O2S. The number of aromatic nitrogens is 4. The van der Waals surface area contributed by atoms with Crippen molar-refractivity contribution in [3.8, 4) is 11.5 Å². The zero-order valence-electron chi connectivity index (χ0n) is 16.8. The minimum absolute atomic E-state index is 0.190. The molecule has 1 aliphatic rings. The average molecular weight is 413 g/mol. The maximum atomic E-state index is 5.57. The van der Waals surface area contributed by atoms with Crippen LogP contribution in [0.2, 0.25) is 0 Å². The Morgan fingerprint density at radius 1 is 1.17 bits per heavy atom. The lowest BCUT2D eigenvalue weighted by Gasteiger charge is -2.25. The molecule has 0 radical (unpaired) electrons. The van der Waals surface area contributed by atoms with Gasteiger partial charge in [0.2, 0.25) is 5.13 Å². The molecule has 1 N–H and O–H groups in total. The van der Waals surface area contributed by atoms with Crippen LogP contribution < -0.4 is 14.8 Å².